The molecule has 1 amide bonds. The second kappa shape index (κ2) is 8.68. The molecule has 1 fully saturated rings. The maximum atomic E-state index is 12.7. The Bertz CT molecular complexity index is 944. The monoisotopic (exact) mass is 393 g/mol. The van der Waals surface area contributed by atoms with E-state index >= 15 is 0 Å². The molecule has 0 bridgehead atoms. The molecule has 9 nitrogen and oxygen atoms in total. The second-order valence-corrected chi connectivity index (χ2v) is 6.94. The molecule has 4 rings (SSSR count). The van der Waals surface area contributed by atoms with E-state index in [1.165, 1.54) is 6.33 Å². The fraction of sp³-hybridized carbons (Fsp3) is 0.350. The van der Waals surface area contributed by atoms with Crippen LogP contribution in [0.1, 0.15) is 18.4 Å². The van der Waals surface area contributed by atoms with Gasteiger partial charge >= 0.3 is 0 Å². The third-order valence-electron chi connectivity index (χ3n) is 5.01. The molecule has 1 aromatic carbocycles. The van der Waals surface area contributed by atoms with Gasteiger partial charge < -0.3 is 15.0 Å². The smallest absolute Gasteiger partial charge is 0.225 e. The lowest BCUT2D eigenvalue weighted by molar-refractivity contribution is -0.125. The Morgan fingerprint density at radius 3 is 2.86 bits per heavy atom. The molecule has 0 saturated carbocycles. The van der Waals surface area contributed by atoms with Gasteiger partial charge in [0.15, 0.2) is 11.6 Å². The van der Waals surface area contributed by atoms with Crippen molar-refractivity contribution in [3.8, 4) is 11.6 Å². The van der Waals surface area contributed by atoms with Crippen molar-refractivity contribution in [2.24, 2.45) is 5.92 Å². The van der Waals surface area contributed by atoms with E-state index in [1.54, 1.807) is 18.1 Å². The third kappa shape index (κ3) is 4.50. The molecule has 150 valence electrons. The molecule has 9 heteroatoms. The Balaban J connectivity index is 1.35. The summed E-state index contributed by atoms with van der Waals surface area (Å²) >= 11 is 0. The maximum absolute atomic E-state index is 12.7. The van der Waals surface area contributed by atoms with Gasteiger partial charge in [0.25, 0.3) is 0 Å². The molecular formula is C20H23N7O2. The number of aromatic nitrogens is 5. The number of rotatable bonds is 6. The molecule has 2 aromatic heterocycles. The number of benzene rings is 1. The molecule has 1 N–H and O–H groups in total. The Kier molecular flexibility index (Phi) is 5.64. The highest BCUT2D eigenvalue weighted by molar-refractivity contribution is 5.79. The summed E-state index contributed by atoms with van der Waals surface area (Å²) in [5, 5.41) is 15.6. The quantitative estimate of drug-likeness (QED) is 0.679. The summed E-state index contributed by atoms with van der Waals surface area (Å²) in [6.07, 6.45) is 4.83. The summed E-state index contributed by atoms with van der Waals surface area (Å²) in [6, 6.07) is 11.5. The molecule has 1 unspecified atom stereocenters. The van der Waals surface area contributed by atoms with E-state index in [4.69, 9.17) is 4.74 Å². The first kappa shape index (κ1) is 18.9. The number of anilines is 1. The number of hydrogen-bond acceptors (Lipinski definition) is 7. The predicted molar refractivity (Wildman–Crippen MR) is 107 cm³/mol. The molecule has 0 aliphatic carbocycles. The Morgan fingerprint density at radius 2 is 2.10 bits per heavy atom. The fourth-order valence-corrected chi connectivity index (χ4v) is 3.45. The first-order valence-corrected chi connectivity index (χ1v) is 9.57. The van der Waals surface area contributed by atoms with Crippen molar-refractivity contribution in [1.82, 2.24) is 30.3 Å². The van der Waals surface area contributed by atoms with Crippen LogP contribution in [0.15, 0.2) is 49.1 Å². The van der Waals surface area contributed by atoms with Gasteiger partial charge in [0, 0.05) is 19.6 Å². The highest BCUT2D eigenvalue weighted by Gasteiger charge is 2.26. The summed E-state index contributed by atoms with van der Waals surface area (Å²) in [5.41, 5.74) is 1.01. The van der Waals surface area contributed by atoms with Crippen molar-refractivity contribution < 1.29 is 9.53 Å². The standard InChI is InChI=1S/C20H23N7O2/c1-29-17-6-2-4-15(10-17)11-22-20(28)16-5-3-9-26(12-16)18-7-8-19(25-24-18)27-14-21-13-23-27/h2,4,6-8,10,13-14,16H,3,5,9,11-12H2,1H3,(H,22,28). The van der Waals surface area contributed by atoms with Gasteiger partial charge in [-0.1, -0.05) is 12.1 Å². The van der Waals surface area contributed by atoms with Crippen LogP contribution in [0.4, 0.5) is 5.82 Å². The second-order valence-electron chi connectivity index (χ2n) is 6.94. The van der Waals surface area contributed by atoms with Gasteiger partial charge in [0.1, 0.15) is 18.4 Å². The number of nitrogens with one attached hydrogen (secondary N) is 1. The predicted octanol–water partition coefficient (Wildman–Crippen LogP) is 1.60. The van der Waals surface area contributed by atoms with Crippen molar-refractivity contribution in [2.75, 3.05) is 25.1 Å². The Labute approximate surface area is 168 Å². The van der Waals surface area contributed by atoms with Crippen LogP contribution in [0, 0.1) is 5.92 Å². The summed E-state index contributed by atoms with van der Waals surface area (Å²) in [4.78, 5) is 18.7. The zero-order chi connectivity index (χ0) is 20.1. The maximum Gasteiger partial charge on any atom is 0.225 e. The van der Waals surface area contributed by atoms with Crippen molar-refractivity contribution >= 4 is 11.7 Å². The minimum absolute atomic E-state index is 0.0599. The number of nitrogens with zero attached hydrogens (tertiary/aromatic N) is 6. The van der Waals surface area contributed by atoms with E-state index in [9.17, 15) is 4.79 Å². The lowest BCUT2D eigenvalue weighted by Gasteiger charge is -2.32. The number of methoxy groups -OCH3 is 1. The molecule has 1 aliphatic rings. The lowest BCUT2D eigenvalue weighted by atomic mass is 9.97. The zero-order valence-electron chi connectivity index (χ0n) is 16.2. The molecule has 3 heterocycles. The van der Waals surface area contributed by atoms with E-state index in [-0.39, 0.29) is 11.8 Å². The summed E-state index contributed by atoms with van der Waals surface area (Å²) in [5.74, 6) is 2.14. The summed E-state index contributed by atoms with van der Waals surface area (Å²) in [6.45, 7) is 1.97. The molecule has 0 spiro atoms. The van der Waals surface area contributed by atoms with Crippen LogP contribution >= 0.6 is 0 Å². The zero-order valence-corrected chi connectivity index (χ0v) is 16.2. The average molecular weight is 393 g/mol. The van der Waals surface area contributed by atoms with Crippen molar-refractivity contribution in [2.45, 2.75) is 19.4 Å². The highest BCUT2D eigenvalue weighted by Crippen LogP contribution is 2.22. The topological polar surface area (TPSA) is 98.1 Å². The van der Waals surface area contributed by atoms with Gasteiger partial charge in [0.05, 0.1) is 13.0 Å². The molecule has 1 aliphatic heterocycles. The van der Waals surface area contributed by atoms with E-state index < -0.39 is 0 Å². The van der Waals surface area contributed by atoms with Gasteiger partial charge in [-0.3, -0.25) is 4.79 Å². The van der Waals surface area contributed by atoms with Gasteiger partial charge in [-0.15, -0.1) is 10.2 Å². The largest absolute Gasteiger partial charge is 0.497 e. The Hall–Kier alpha value is -3.49. The van der Waals surface area contributed by atoms with Crippen LogP contribution < -0.4 is 15.0 Å². The molecule has 0 radical (unpaired) electrons. The van der Waals surface area contributed by atoms with Gasteiger partial charge in [-0.25, -0.2) is 9.67 Å². The number of piperidine rings is 1. The van der Waals surface area contributed by atoms with Crippen LogP contribution in [0.3, 0.4) is 0 Å². The minimum atomic E-state index is -0.0776. The van der Waals surface area contributed by atoms with Crippen molar-refractivity contribution in [3.05, 3.63) is 54.6 Å². The Morgan fingerprint density at radius 1 is 1.24 bits per heavy atom. The SMILES string of the molecule is COc1cccc(CNC(=O)C2CCCN(c3ccc(-n4cncn4)nn3)C2)c1. The van der Waals surface area contributed by atoms with Crippen LogP contribution in [0.5, 0.6) is 5.75 Å². The number of amides is 1. The van der Waals surface area contributed by atoms with Crippen molar-refractivity contribution in [3.63, 3.8) is 0 Å². The first-order valence-electron chi connectivity index (χ1n) is 9.57. The number of carbonyl (C=O) groups excluding carboxylic acids is 1. The minimum Gasteiger partial charge on any atom is -0.497 e. The van der Waals surface area contributed by atoms with Crippen LogP contribution in [0.2, 0.25) is 0 Å². The normalized spacial score (nSPS) is 16.4. The highest BCUT2D eigenvalue weighted by atomic mass is 16.5. The van der Waals surface area contributed by atoms with E-state index in [0.717, 1.165) is 36.5 Å². The van der Waals surface area contributed by atoms with Crippen molar-refractivity contribution in [1.29, 1.82) is 0 Å². The van der Waals surface area contributed by atoms with Gasteiger partial charge in [-0.05, 0) is 42.7 Å². The van der Waals surface area contributed by atoms with E-state index in [0.29, 0.717) is 18.9 Å². The fourth-order valence-electron chi connectivity index (χ4n) is 3.45. The average Bonchev–Trinajstić information content (AvgIpc) is 3.33. The molecule has 1 saturated heterocycles. The van der Waals surface area contributed by atoms with E-state index in [1.807, 2.05) is 36.4 Å². The van der Waals surface area contributed by atoms with Crippen LogP contribution in [0.25, 0.3) is 5.82 Å². The number of ether oxygens (including phenoxy) is 1. The van der Waals surface area contributed by atoms with Gasteiger partial charge in [0.2, 0.25) is 5.91 Å². The molecular weight excluding hydrogens is 370 g/mol. The van der Waals surface area contributed by atoms with Crippen LogP contribution in [-0.2, 0) is 11.3 Å². The summed E-state index contributed by atoms with van der Waals surface area (Å²) < 4.78 is 6.79. The van der Waals surface area contributed by atoms with E-state index in [2.05, 4.69) is 30.5 Å². The number of hydrogen-bond donors (Lipinski definition) is 1. The molecule has 3 aromatic rings. The number of carbonyl (C=O) groups is 1. The van der Waals surface area contributed by atoms with Crippen LogP contribution in [-0.4, -0.2) is 51.1 Å². The first-order chi connectivity index (χ1) is 14.2. The molecule has 29 heavy (non-hydrogen) atoms. The summed E-state index contributed by atoms with van der Waals surface area (Å²) in [7, 11) is 1.63. The molecule has 1 atom stereocenters. The third-order valence-corrected chi connectivity index (χ3v) is 5.01. The lowest BCUT2D eigenvalue weighted by Crippen LogP contribution is -2.43. The van der Waals surface area contributed by atoms with Gasteiger partial charge in [-0.2, -0.15) is 5.10 Å².